The summed E-state index contributed by atoms with van der Waals surface area (Å²) in [5, 5.41) is 12.0. The Morgan fingerprint density at radius 2 is 1.82 bits per heavy atom. The summed E-state index contributed by atoms with van der Waals surface area (Å²) in [5.41, 5.74) is -0.695. The first-order chi connectivity index (χ1) is 8.06. The quantitative estimate of drug-likeness (QED) is 0.819. The van der Waals surface area contributed by atoms with Crippen LogP contribution in [0.2, 0.25) is 0 Å². The fourth-order valence-corrected chi connectivity index (χ4v) is 1.87. The Bertz CT molecular complexity index is 550. The van der Waals surface area contributed by atoms with Crippen molar-refractivity contribution in [2.75, 3.05) is 0 Å². The number of hydrogen-bond donors (Lipinski definition) is 1. The van der Waals surface area contributed by atoms with Crippen LogP contribution in [0.1, 0.15) is 30.6 Å². The van der Waals surface area contributed by atoms with E-state index in [0.29, 0.717) is 12.0 Å². The molecule has 0 fully saturated rings. The molecule has 0 spiro atoms. The molecular formula is C15H16O2. The maximum atomic E-state index is 12.3. The minimum Gasteiger partial charge on any atom is -0.382 e. The van der Waals surface area contributed by atoms with Crippen LogP contribution in [0.4, 0.5) is 0 Å². The molecule has 0 aliphatic carbocycles. The Morgan fingerprint density at radius 3 is 2.53 bits per heavy atom. The van der Waals surface area contributed by atoms with Gasteiger partial charge in [0.15, 0.2) is 5.78 Å². The summed E-state index contributed by atoms with van der Waals surface area (Å²) in [6, 6.07) is 13.3. The molecule has 0 amide bonds. The van der Waals surface area contributed by atoms with E-state index in [2.05, 4.69) is 0 Å². The average molecular weight is 228 g/mol. The number of carbonyl (C=O) groups is 1. The van der Waals surface area contributed by atoms with Gasteiger partial charge in [-0.3, -0.25) is 4.79 Å². The van der Waals surface area contributed by atoms with Crippen molar-refractivity contribution in [1.29, 1.82) is 0 Å². The van der Waals surface area contributed by atoms with Crippen LogP contribution in [0.3, 0.4) is 0 Å². The SMILES string of the molecule is CCC(C)(O)C(=O)c1cccc2ccccc12. The fourth-order valence-electron chi connectivity index (χ4n) is 1.87. The molecule has 1 N–H and O–H groups in total. The Hall–Kier alpha value is -1.67. The number of carbonyl (C=O) groups excluding carboxylic acids is 1. The van der Waals surface area contributed by atoms with Gasteiger partial charge in [0.1, 0.15) is 5.60 Å². The van der Waals surface area contributed by atoms with Crippen LogP contribution < -0.4 is 0 Å². The number of rotatable bonds is 3. The summed E-state index contributed by atoms with van der Waals surface area (Å²) >= 11 is 0. The van der Waals surface area contributed by atoms with Gasteiger partial charge >= 0.3 is 0 Å². The molecule has 2 aromatic rings. The van der Waals surface area contributed by atoms with E-state index in [9.17, 15) is 9.90 Å². The van der Waals surface area contributed by atoms with Gasteiger partial charge in [0.25, 0.3) is 0 Å². The lowest BCUT2D eigenvalue weighted by Gasteiger charge is -2.20. The Kier molecular flexibility index (Phi) is 2.99. The lowest BCUT2D eigenvalue weighted by Crippen LogP contribution is -2.34. The zero-order chi connectivity index (χ0) is 12.5. The monoisotopic (exact) mass is 228 g/mol. The minimum atomic E-state index is -1.29. The third-order valence-corrected chi connectivity index (χ3v) is 3.21. The lowest BCUT2D eigenvalue weighted by atomic mass is 9.89. The zero-order valence-corrected chi connectivity index (χ0v) is 10.1. The molecule has 2 heteroatoms. The van der Waals surface area contributed by atoms with Crippen molar-refractivity contribution in [2.45, 2.75) is 25.9 Å². The van der Waals surface area contributed by atoms with Crippen molar-refractivity contribution in [1.82, 2.24) is 0 Å². The van der Waals surface area contributed by atoms with Gasteiger partial charge in [0, 0.05) is 5.56 Å². The highest BCUT2D eigenvalue weighted by molar-refractivity contribution is 6.11. The molecule has 0 heterocycles. The van der Waals surface area contributed by atoms with E-state index in [1.165, 1.54) is 0 Å². The zero-order valence-electron chi connectivity index (χ0n) is 10.1. The summed E-state index contributed by atoms with van der Waals surface area (Å²) in [6.07, 6.45) is 0.412. The second-order valence-corrected chi connectivity index (χ2v) is 4.48. The second kappa shape index (κ2) is 4.30. The van der Waals surface area contributed by atoms with E-state index in [4.69, 9.17) is 0 Å². The van der Waals surface area contributed by atoms with E-state index < -0.39 is 5.60 Å². The molecule has 88 valence electrons. The highest BCUT2D eigenvalue weighted by Crippen LogP contribution is 2.24. The van der Waals surface area contributed by atoms with Crippen LogP contribution in [0.15, 0.2) is 42.5 Å². The molecule has 1 unspecified atom stereocenters. The molecule has 0 aromatic heterocycles. The van der Waals surface area contributed by atoms with Gasteiger partial charge in [-0.2, -0.15) is 0 Å². The first-order valence-corrected chi connectivity index (χ1v) is 5.81. The molecular weight excluding hydrogens is 212 g/mol. The van der Waals surface area contributed by atoms with Crippen LogP contribution in [0, 0.1) is 0 Å². The van der Waals surface area contributed by atoms with Gasteiger partial charge < -0.3 is 5.11 Å². The van der Waals surface area contributed by atoms with Crippen molar-refractivity contribution in [3.63, 3.8) is 0 Å². The van der Waals surface area contributed by atoms with Crippen molar-refractivity contribution in [3.8, 4) is 0 Å². The van der Waals surface area contributed by atoms with Crippen LogP contribution in [-0.2, 0) is 0 Å². The first-order valence-electron chi connectivity index (χ1n) is 5.81. The van der Waals surface area contributed by atoms with E-state index in [-0.39, 0.29) is 5.78 Å². The van der Waals surface area contributed by atoms with Gasteiger partial charge in [0.05, 0.1) is 0 Å². The molecule has 0 bridgehead atoms. The van der Waals surface area contributed by atoms with Crippen LogP contribution in [0.25, 0.3) is 10.8 Å². The summed E-state index contributed by atoms with van der Waals surface area (Å²) < 4.78 is 0. The van der Waals surface area contributed by atoms with Gasteiger partial charge in [-0.15, -0.1) is 0 Å². The van der Waals surface area contributed by atoms with E-state index in [1.807, 2.05) is 43.3 Å². The topological polar surface area (TPSA) is 37.3 Å². The predicted molar refractivity (Wildman–Crippen MR) is 69.2 cm³/mol. The summed E-state index contributed by atoms with van der Waals surface area (Å²) in [5.74, 6) is -0.211. The maximum Gasteiger partial charge on any atom is 0.194 e. The molecule has 0 saturated carbocycles. The molecule has 0 radical (unpaired) electrons. The fraction of sp³-hybridized carbons (Fsp3) is 0.267. The third-order valence-electron chi connectivity index (χ3n) is 3.21. The van der Waals surface area contributed by atoms with Gasteiger partial charge in [-0.25, -0.2) is 0 Å². The van der Waals surface area contributed by atoms with Crippen molar-refractivity contribution < 1.29 is 9.90 Å². The molecule has 2 rings (SSSR count). The largest absolute Gasteiger partial charge is 0.382 e. The molecule has 17 heavy (non-hydrogen) atoms. The van der Waals surface area contributed by atoms with Crippen LogP contribution in [0.5, 0.6) is 0 Å². The Morgan fingerprint density at radius 1 is 1.18 bits per heavy atom. The second-order valence-electron chi connectivity index (χ2n) is 4.48. The number of Topliss-reactive ketones (excluding diaryl/α,β-unsaturated/α-hetero) is 1. The molecule has 1 atom stereocenters. The van der Waals surface area contributed by atoms with Crippen molar-refractivity contribution in [2.24, 2.45) is 0 Å². The number of aliphatic hydroxyl groups is 1. The van der Waals surface area contributed by atoms with Crippen molar-refractivity contribution in [3.05, 3.63) is 48.0 Å². The third kappa shape index (κ3) is 2.08. The Balaban J connectivity index is 2.60. The van der Waals surface area contributed by atoms with Gasteiger partial charge in [-0.1, -0.05) is 49.4 Å². The molecule has 0 aliphatic rings. The van der Waals surface area contributed by atoms with E-state index >= 15 is 0 Å². The van der Waals surface area contributed by atoms with E-state index in [1.54, 1.807) is 13.0 Å². The van der Waals surface area contributed by atoms with Crippen LogP contribution in [-0.4, -0.2) is 16.5 Å². The summed E-state index contributed by atoms with van der Waals surface area (Å²) in [4.78, 5) is 12.3. The predicted octanol–water partition coefficient (Wildman–Crippen LogP) is 3.18. The first kappa shape index (κ1) is 11.8. The smallest absolute Gasteiger partial charge is 0.194 e. The molecule has 0 aliphatic heterocycles. The van der Waals surface area contributed by atoms with E-state index in [0.717, 1.165) is 10.8 Å². The minimum absolute atomic E-state index is 0.211. The maximum absolute atomic E-state index is 12.3. The number of ketones is 1. The molecule has 2 nitrogen and oxygen atoms in total. The average Bonchev–Trinajstić information content (AvgIpc) is 2.37. The standard InChI is InChI=1S/C15H16O2/c1-3-15(2,17)14(16)13-10-6-8-11-7-4-5-9-12(11)13/h4-10,17H,3H2,1-2H3. The molecule has 0 saturated heterocycles. The summed E-state index contributed by atoms with van der Waals surface area (Å²) in [6.45, 7) is 3.38. The van der Waals surface area contributed by atoms with Gasteiger partial charge in [-0.05, 0) is 24.1 Å². The highest BCUT2D eigenvalue weighted by atomic mass is 16.3. The van der Waals surface area contributed by atoms with Crippen LogP contribution >= 0.6 is 0 Å². The number of fused-ring (bicyclic) bond motifs is 1. The lowest BCUT2D eigenvalue weighted by molar-refractivity contribution is 0.0392. The van der Waals surface area contributed by atoms with Gasteiger partial charge in [0.2, 0.25) is 0 Å². The van der Waals surface area contributed by atoms with Crippen molar-refractivity contribution >= 4 is 16.6 Å². The normalized spacial score (nSPS) is 14.5. The summed E-state index contributed by atoms with van der Waals surface area (Å²) in [7, 11) is 0. The molecule has 2 aromatic carbocycles. The number of benzene rings is 2. The number of hydrogen-bond acceptors (Lipinski definition) is 2. The highest BCUT2D eigenvalue weighted by Gasteiger charge is 2.29. The Labute approximate surface area is 101 Å².